The number of halogens is 3. The first-order chi connectivity index (χ1) is 14.0. The Morgan fingerprint density at radius 3 is 2.52 bits per heavy atom. The third-order valence-electron chi connectivity index (χ3n) is 4.35. The van der Waals surface area contributed by atoms with Gasteiger partial charge in [-0.2, -0.15) is 18.4 Å². The van der Waals surface area contributed by atoms with Crippen LogP contribution in [0.4, 0.5) is 18.9 Å². The minimum atomic E-state index is -4.52. The molecule has 7 heteroatoms. The van der Waals surface area contributed by atoms with E-state index in [2.05, 4.69) is 9.98 Å². The Hall–Kier alpha value is -3.92. The van der Waals surface area contributed by atoms with Gasteiger partial charge in [0.1, 0.15) is 6.33 Å². The summed E-state index contributed by atoms with van der Waals surface area (Å²) in [4.78, 5) is 8.48. The average molecular weight is 390 g/mol. The summed E-state index contributed by atoms with van der Waals surface area (Å²) in [5, 5.41) is 9.02. The largest absolute Gasteiger partial charge is 0.416 e. The lowest BCUT2D eigenvalue weighted by atomic mass is 10.1. The quantitative estimate of drug-likeness (QED) is 0.424. The molecule has 1 aromatic heterocycles. The molecule has 0 fully saturated rings. The molecule has 0 saturated carbocycles. The lowest BCUT2D eigenvalue weighted by molar-refractivity contribution is -0.137. The van der Waals surface area contributed by atoms with Crippen molar-refractivity contribution in [2.24, 2.45) is 4.99 Å². The molecule has 0 radical (unpaired) electrons. The summed E-state index contributed by atoms with van der Waals surface area (Å²) < 4.78 is 41.8. The van der Waals surface area contributed by atoms with Gasteiger partial charge in [0.15, 0.2) is 0 Å². The van der Waals surface area contributed by atoms with Crippen molar-refractivity contribution in [2.45, 2.75) is 6.18 Å². The first-order valence-electron chi connectivity index (χ1n) is 8.64. The third-order valence-corrected chi connectivity index (χ3v) is 4.35. The molecule has 1 heterocycles. The van der Waals surface area contributed by atoms with Crippen molar-refractivity contribution in [2.75, 3.05) is 0 Å². The molecular weight excluding hydrogens is 377 g/mol. The zero-order chi connectivity index (χ0) is 20.4. The number of benzene rings is 3. The van der Waals surface area contributed by atoms with Crippen LogP contribution in [0.2, 0.25) is 0 Å². The number of alkyl halides is 3. The molecule has 0 atom stereocenters. The summed E-state index contributed by atoms with van der Waals surface area (Å²) in [5.74, 6) is 0. The molecule has 0 aliphatic carbocycles. The van der Waals surface area contributed by atoms with Gasteiger partial charge in [-0.15, -0.1) is 0 Å². The lowest BCUT2D eigenvalue weighted by Gasteiger charge is -2.10. The molecule has 0 aliphatic rings. The van der Waals surface area contributed by atoms with Gasteiger partial charge in [-0.25, -0.2) is 4.98 Å². The first kappa shape index (κ1) is 18.4. The fourth-order valence-corrected chi connectivity index (χ4v) is 3.01. The average Bonchev–Trinajstić information content (AvgIpc) is 3.16. The molecule has 0 spiro atoms. The van der Waals surface area contributed by atoms with Crippen LogP contribution in [-0.4, -0.2) is 15.8 Å². The number of hydrogen-bond acceptors (Lipinski definition) is 3. The third kappa shape index (κ3) is 3.73. The predicted molar refractivity (Wildman–Crippen MR) is 104 cm³/mol. The van der Waals surface area contributed by atoms with Crippen molar-refractivity contribution in [3.05, 3.63) is 89.7 Å². The topological polar surface area (TPSA) is 54.0 Å². The zero-order valence-electron chi connectivity index (χ0n) is 14.9. The Bertz CT molecular complexity index is 1250. The molecule has 142 valence electrons. The van der Waals surface area contributed by atoms with Gasteiger partial charge in [-0.3, -0.25) is 9.56 Å². The second-order valence-corrected chi connectivity index (χ2v) is 6.31. The molecule has 4 rings (SSSR count). The van der Waals surface area contributed by atoms with Gasteiger partial charge in [0.25, 0.3) is 0 Å². The van der Waals surface area contributed by atoms with Crippen molar-refractivity contribution < 1.29 is 13.2 Å². The molecule has 3 aromatic carbocycles. The van der Waals surface area contributed by atoms with Crippen LogP contribution in [-0.2, 0) is 6.18 Å². The van der Waals surface area contributed by atoms with Crippen LogP contribution >= 0.6 is 0 Å². The summed E-state index contributed by atoms with van der Waals surface area (Å²) in [7, 11) is 0. The Labute approximate surface area is 164 Å². The number of para-hydroxylation sites is 1. The molecule has 0 saturated heterocycles. The molecule has 0 aliphatic heterocycles. The fourth-order valence-electron chi connectivity index (χ4n) is 3.01. The highest BCUT2D eigenvalue weighted by Crippen LogP contribution is 2.37. The normalized spacial score (nSPS) is 11.8. The number of rotatable bonds is 3. The van der Waals surface area contributed by atoms with Crippen molar-refractivity contribution in [3.63, 3.8) is 0 Å². The van der Waals surface area contributed by atoms with E-state index in [-0.39, 0.29) is 11.2 Å². The van der Waals surface area contributed by atoms with E-state index in [0.717, 1.165) is 17.8 Å². The number of nitriles is 1. The van der Waals surface area contributed by atoms with E-state index in [1.165, 1.54) is 12.5 Å². The maximum absolute atomic E-state index is 13.4. The van der Waals surface area contributed by atoms with E-state index in [1.54, 1.807) is 28.8 Å². The Morgan fingerprint density at radius 2 is 1.79 bits per heavy atom. The number of imidazole rings is 1. The molecule has 0 bridgehead atoms. The van der Waals surface area contributed by atoms with E-state index in [4.69, 9.17) is 5.26 Å². The number of aromatic nitrogens is 2. The minimum absolute atomic E-state index is 0.138. The van der Waals surface area contributed by atoms with Gasteiger partial charge in [0.2, 0.25) is 0 Å². The van der Waals surface area contributed by atoms with Crippen LogP contribution in [0.25, 0.3) is 16.7 Å². The maximum atomic E-state index is 13.4. The van der Waals surface area contributed by atoms with E-state index in [9.17, 15) is 13.2 Å². The number of nitrogens with zero attached hydrogens (tertiary/aromatic N) is 4. The smallest absolute Gasteiger partial charge is 0.297 e. The minimum Gasteiger partial charge on any atom is -0.297 e. The molecule has 0 unspecified atom stereocenters. The Balaban J connectivity index is 1.90. The predicted octanol–water partition coefficient (Wildman–Crippen LogP) is 5.67. The number of aliphatic imine (C=N–C) groups is 1. The maximum Gasteiger partial charge on any atom is 0.416 e. The van der Waals surface area contributed by atoms with E-state index in [1.807, 2.05) is 36.4 Å². The van der Waals surface area contributed by atoms with E-state index >= 15 is 0 Å². The van der Waals surface area contributed by atoms with Crippen LogP contribution < -0.4 is 0 Å². The van der Waals surface area contributed by atoms with Crippen molar-refractivity contribution in [1.82, 2.24) is 9.55 Å². The van der Waals surface area contributed by atoms with Gasteiger partial charge < -0.3 is 0 Å². The van der Waals surface area contributed by atoms with Gasteiger partial charge in [0, 0.05) is 11.9 Å². The highest BCUT2D eigenvalue weighted by Gasteiger charge is 2.32. The highest BCUT2D eigenvalue weighted by molar-refractivity contribution is 5.93. The second-order valence-electron chi connectivity index (χ2n) is 6.31. The summed E-state index contributed by atoms with van der Waals surface area (Å²) in [6.45, 7) is 0. The lowest BCUT2D eigenvalue weighted by Crippen LogP contribution is -2.05. The van der Waals surface area contributed by atoms with E-state index in [0.29, 0.717) is 16.6 Å². The van der Waals surface area contributed by atoms with Crippen LogP contribution in [0.15, 0.2) is 78.0 Å². The first-order valence-corrected chi connectivity index (χ1v) is 8.64. The molecule has 29 heavy (non-hydrogen) atoms. The second kappa shape index (κ2) is 7.24. The number of hydrogen-bond donors (Lipinski definition) is 0. The van der Waals surface area contributed by atoms with Crippen LogP contribution in [0.5, 0.6) is 0 Å². The summed E-state index contributed by atoms with van der Waals surface area (Å²) in [5.41, 5.74) is 1.80. The van der Waals surface area contributed by atoms with Crippen molar-refractivity contribution in [1.29, 1.82) is 5.26 Å². The summed E-state index contributed by atoms with van der Waals surface area (Å²) in [6, 6.07) is 19.9. The van der Waals surface area contributed by atoms with Crippen molar-refractivity contribution in [3.8, 4) is 11.8 Å². The monoisotopic (exact) mass is 390 g/mol. The van der Waals surface area contributed by atoms with Crippen LogP contribution in [0, 0.1) is 11.3 Å². The molecule has 0 N–H and O–H groups in total. The van der Waals surface area contributed by atoms with Gasteiger partial charge in [-0.1, -0.05) is 30.3 Å². The Morgan fingerprint density at radius 1 is 1.00 bits per heavy atom. The molecule has 0 amide bonds. The number of fused-ring (bicyclic) bond motifs is 1. The summed E-state index contributed by atoms with van der Waals surface area (Å²) in [6.07, 6.45) is -1.59. The molecule has 4 nitrogen and oxygen atoms in total. The fraction of sp³-hybridized carbons (Fsp3) is 0.0455. The van der Waals surface area contributed by atoms with Crippen LogP contribution in [0.3, 0.4) is 0 Å². The van der Waals surface area contributed by atoms with Crippen LogP contribution in [0.1, 0.15) is 16.7 Å². The standard InChI is InChI=1S/C22H13F3N4/c23-22(24,25)17-10-19(27-13-16-6-4-5-15(9-16)12-26)21-20(11-17)28-14-29(21)18-7-2-1-3-8-18/h1-11,13-14H. The highest BCUT2D eigenvalue weighted by atomic mass is 19.4. The van der Waals surface area contributed by atoms with Gasteiger partial charge >= 0.3 is 6.18 Å². The Kier molecular flexibility index (Phi) is 4.61. The van der Waals surface area contributed by atoms with Gasteiger partial charge in [-0.05, 0) is 42.0 Å². The molecular formula is C22H13F3N4. The SMILES string of the molecule is N#Cc1cccc(C=Nc2cc(C(F)(F)F)cc3ncn(-c4ccccc4)c23)c1. The molecule has 4 aromatic rings. The van der Waals surface area contributed by atoms with E-state index < -0.39 is 11.7 Å². The zero-order valence-corrected chi connectivity index (χ0v) is 14.9. The summed E-state index contributed by atoms with van der Waals surface area (Å²) >= 11 is 0. The van der Waals surface area contributed by atoms with Gasteiger partial charge in [0.05, 0.1) is 33.9 Å². The van der Waals surface area contributed by atoms with Crippen molar-refractivity contribution >= 4 is 22.9 Å².